The highest BCUT2D eigenvalue weighted by Crippen LogP contribution is 2.23. The summed E-state index contributed by atoms with van der Waals surface area (Å²) in [6.45, 7) is 4.15. The first-order valence-electron chi connectivity index (χ1n) is 7.50. The SMILES string of the molecule is Cc1ccccc1C(=O)NNC(=S)N[C@@H]1CCCC[C@@H]1C. The zero-order valence-corrected chi connectivity index (χ0v) is 13.4. The van der Waals surface area contributed by atoms with Crippen LogP contribution in [-0.4, -0.2) is 17.1 Å². The van der Waals surface area contributed by atoms with E-state index < -0.39 is 0 Å². The van der Waals surface area contributed by atoms with E-state index in [0.717, 1.165) is 12.0 Å². The van der Waals surface area contributed by atoms with Crippen molar-refractivity contribution < 1.29 is 4.79 Å². The predicted octanol–water partition coefficient (Wildman–Crippen LogP) is 2.68. The van der Waals surface area contributed by atoms with Crippen molar-refractivity contribution in [1.29, 1.82) is 0 Å². The minimum atomic E-state index is -0.172. The van der Waals surface area contributed by atoms with Gasteiger partial charge in [0.15, 0.2) is 5.11 Å². The fourth-order valence-electron chi connectivity index (χ4n) is 2.74. The Balaban J connectivity index is 1.81. The molecule has 114 valence electrons. The van der Waals surface area contributed by atoms with Gasteiger partial charge in [-0.15, -0.1) is 0 Å². The number of benzene rings is 1. The summed E-state index contributed by atoms with van der Waals surface area (Å²) in [7, 11) is 0. The van der Waals surface area contributed by atoms with Crippen molar-refractivity contribution in [3.05, 3.63) is 35.4 Å². The van der Waals surface area contributed by atoms with Crippen molar-refractivity contribution in [2.75, 3.05) is 0 Å². The lowest BCUT2D eigenvalue weighted by molar-refractivity contribution is 0.0942. The maximum Gasteiger partial charge on any atom is 0.269 e. The number of hydrogen-bond acceptors (Lipinski definition) is 2. The first-order chi connectivity index (χ1) is 10.1. The highest BCUT2D eigenvalue weighted by molar-refractivity contribution is 7.80. The summed E-state index contributed by atoms with van der Waals surface area (Å²) in [5, 5.41) is 3.78. The van der Waals surface area contributed by atoms with E-state index in [1.807, 2.05) is 25.1 Å². The van der Waals surface area contributed by atoms with E-state index in [4.69, 9.17) is 12.2 Å². The van der Waals surface area contributed by atoms with E-state index in [0.29, 0.717) is 22.6 Å². The summed E-state index contributed by atoms with van der Waals surface area (Å²) in [6, 6.07) is 7.87. The lowest BCUT2D eigenvalue weighted by Crippen LogP contribution is -2.51. The van der Waals surface area contributed by atoms with Crippen molar-refractivity contribution in [3.63, 3.8) is 0 Å². The maximum atomic E-state index is 12.1. The van der Waals surface area contributed by atoms with Gasteiger partial charge < -0.3 is 5.32 Å². The quantitative estimate of drug-likeness (QED) is 0.581. The highest BCUT2D eigenvalue weighted by Gasteiger charge is 2.21. The van der Waals surface area contributed by atoms with E-state index in [2.05, 4.69) is 23.1 Å². The van der Waals surface area contributed by atoms with Gasteiger partial charge in [-0.1, -0.05) is 38.0 Å². The third kappa shape index (κ3) is 4.43. The molecule has 1 saturated carbocycles. The molecule has 1 aliphatic carbocycles. The second-order valence-corrected chi connectivity index (χ2v) is 6.14. The molecule has 3 N–H and O–H groups in total. The molecule has 1 amide bonds. The zero-order valence-electron chi connectivity index (χ0n) is 12.6. The van der Waals surface area contributed by atoms with E-state index in [1.165, 1.54) is 19.3 Å². The summed E-state index contributed by atoms with van der Waals surface area (Å²) in [5.41, 5.74) is 7.04. The number of thiocarbonyl (C=S) groups is 1. The topological polar surface area (TPSA) is 53.2 Å². The molecule has 0 heterocycles. The number of rotatable bonds is 2. The van der Waals surface area contributed by atoms with Gasteiger partial charge in [0, 0.05) is 11.6 Å². The van der Waals surface area contributed by atoms with Crippen molar-refractivity contribution in [1.82, 2.24) is 16.2 Å². The molecule has 21 heavy (non-hydrogen) atoms. The highest BCUT2D eigenvalue weighted by atomic mass is 32.1. The molecule has 4 nitrogen and oxygen atoms in total. The number of carbonyl (C=O) groups excluding carboxylic acids is 1. The van der Waals surface area contributed by atoms with Crippen LogP contribution in [0.15, 0.2) is 24.3 Å². The van der Waals surface area contributed by atoms with Gasteiger partial charge in [0.25, 0.3) is 5.91 Å². The van der Waals surface area contributed by atoms with Crippen molar-refractivity contribution in [3.8, 4) is 0 Å². The molecule has 0 spiro atoms. The van der Waals surface area contributed by atoms with Crippen LogP contribution in [0, 0.1) is 12.8 Å². The van der Waals surface area contributed by atoms with Gasteiger partial charge in [0.1, 0.15) is 0 Å². The standard InChI is InChI=1S/C16H23N3OS/c1-11-7-3-5-9-13(11)15(20)18-19-16(21)17-14-10-6-4-8-12(14)2/h3,5,7,9,12,14H,4,6,8,10H2,1-2H3,(H,18,20)(H2,17,19,21)/t12-,14+/m0/s1. The summed E-state index contributed by atoms with van der Waals surface area (Å²) in [5.74, 6) is 0.444. The van der Waals surface area contributed by atoms with Crippen LogP contribution in [0.5, 0.6) is 0 Å². The normalized spacial score (nSPS) is 21.4. The van der Waals surface area contributed by atoms with Gasteiger partial charge in [-0.2, -0.15) is 0 Å². The molecule has 0 aliphatic heterocycles. The van der Waals surface area contributed by atoms with Crippen LogP contribution < -0.4 is 16.2 Å². The average Bonchev–Trinajstić information content (AvgIpc) is 2.48. The van der Waals surface area contributed by atoms with Gasteiger partial charge in [0.2, 0.25) is 0 Å². The van der Waals surface area contributed by atoms with Gasteiger partial charge >= 0.3 is 0 Å². The molecule has 0 unspecified atom stereocenters. The van der Waals surface area contributed by atoms with Gasteiger partial charge in [-0.3, -0.25) is 15.6 Å². The molecule has 1 aromatic rings. The first kappa shape index (κ1) is 15.8. The van der Waals surface area contributed by atoms with Gasteiger partial charge in [0.05, 0.1) is 0 Å². The van der Waals surface area contributed by atoms with Crippen LogP contribution in [0.25, 0.3) is 0 Å². The van der Waals surface area contributed by atoms with E-state index in [9.17, 15) is 4.79 Å². The number of hydrazine groups is 1. The van der Waals surface area contributed by atoms with Crippen LogP contribution in [-0.2, 0) is 0 Å². The molecule has 2 rings (SSSR count). The molecule has 5 heteroatoms. The fraction of sp³-hybridized carbons (Fsp3) is 0.500. The Morgan fingerprint density at radius 1 is 1.19 bits per heavy atom. The van der Waals surface area contributed by atoms with Gasteiger partial charge in [-0.05, 0) is 49.5 Å². The second kappa shape index (κ2) is 7.41. The largest absolute Gasteiger partial charge is 0.358 e. The Labute approximate surface area is 131 Å². The molecule has 0 saturated heterocycles. The summed E-state index contributed by atoms with van der Waals surface area (Å²) >= 11 is 5.25. The minimum absolute atomic E-state index is 0.172. The van der Waals surface area contributed by atoms with E-state index in [-0.39, 0.29) is 5.91 Å². The molecule has 0 bridgehead atoms. The monoisotopic (exact) mass is 305 g/mol. The lowest BCUT2D eigenvalue weighted by Gasteiger charge is -2.30. The van der Waals surface area contributed by atoms with E-state index in [1.54, 1.807) is 6.07 Å². The molecule has 1 fully saturated rings. The Hall–Kier alpha value is -1.62. The first-order valence-corrected chi connectivity index (χ1v) is 7.91. The summed E-state index contributed by atoms with van der Waals surface area (Å²) in [6.07, 6.45) is 4.90. The zero-order chi connectivity index (χ0) is 15.2. The second-order valence-electron chi connectivity index (χ2n) is 5.74. The summed E-state index contributed by atoms with van der Waals surface area (Å²) in [4.78, 5) is 12.1. The maximum absolute atomic E-state index is 12.1. The molecule has 2 atom stereocenters. The third-order valence-electron chi connectivity index (χ3n) is 4.11. The Morgan fingerprint density at radius 3 is 2.62 bits per heavy atom. The predicted molar refractivity (Wildman–Crippen MR) is 88.9 cm³/mol. The molecule has 1 aromatic carbocycles. The smallest absolute Gasteiger partial charge is 0.269 e. The van der Waals surface area contributed by atoms with Crippen LogP contribution in [0.1, 0.15) is 48.5 Å². The number of amides is 1. The van der Waals surface area contributed by atoms with Crippen molar-refractivity contribution >= 4 is 23.2 Å². The Kier molecular flexibility index (Phi) is 5.56. The minimum Gasteiger partial charge on any atom is -0.358 e. The van der Waals surface area contributed by atoms with Crippen LogP contribution in [0.2, 0.25) is 0 Å². The van der Waals surface area contributed by atoms with Crippen LogP contribution >= 0.6 is 12.2 Å². The van der Waals surface area contributed by atoms with Crippen molar-refractivity contribution in [2.45, 2.75) is 45.6 Å². The number of aryl methyl sites for hydroxylation is 1. The molecular formula is C16H23N3OS. The third-order valence-corrected chi connectivity index (χ3v) is 4.33. The lowest BCUT2D eigenvalue weighted by atomic mass is 9.86. The number of carbonyl (C=O) groups is 1. The number of nitrogens with one attached hydrogen (secondary N) is 3. The van der Waals surface area contributed by atoms with Crippen molar-refractivity contribution in [2.24, 2.45) is 5.92 Å². The fourth-order valence-corrected chi connectivity index (χ4v) is 2.95. The Bertz CT molecular complexity index is 518. The summed E-state index contributed by atoms with van der Waals surface area (Å²) < 4.78 is 0. The molecular weight excluding hydrogens is 282 g/mol. The van der Waals surface area contributed by atoms with Gasteiger partial charge in [-0.25, -0.2) is 0 Å². The van der Waals surface area contributed by atoms with E-state index >= 15 is 0 Å². The Morgan fingerprint density at radius 2 is 1.90 bits per heavy atom. The molecule has 0 aromatic heterocycles. The number of hydrogen-bond donors (Lipinski definition) is 3. The van der Waals surface area contributed by atoms with Crippen LogP contribution in [0.3, 0.4) is 0 Å². The van der Waals surface area contributed by atoms with Crippen LogP contribution in [0.4, 0.5) is 0 Å². The average molecular weight is 305 g/mol. The molecule has 0 radical (unpaired) electrons. The molecule has 1 aliphatic rings.